The Labute approximate surface area is 187 Å². The number of aryl methyl sites for hydroxylation is 2. The highest BCUT2D eigenvalue weighted by molar-refractivity contribution is 5.99. The zero-order valence-corrected chi connectivity index (χ0v) is 18.5. The minimum absolute atomic E-state index is 0.00824. The summed E-state index contributed by atoms with van der Waals surface area (Å²) in [7, 11) is 1.48. The summed E-state index contributed by atoms with van der Waals surface area (Å²) in [5.41, 5.74) is 1.77. The lowest BCUT2D eigenvalue weighted by Crippen LogP contribution is -2.43. The van der Waals surface area contributed by atoms with Gasteiger partial charge in [0.15, 0.2) is 0 Å². The predicted molar refractivity (Wildman–Crippen MR) is 123 cm³/mol. The first-order chi connectivity index (χ1) is 15.5. The van der Waals surface area contributed by atoms with Crippen molar-refractivity contribution >= 4 is 11.8 Å². The summed E-state index contributed by atoms with van der Waals surface area (Å²) in [6.45, 7) is 3.75. The molecule has 0 bridgehead atoms. The molecule has 7 heteroatoms. The minimum Gasteiger partial charge on any atom is -0.355 e. The van der Waals surface area contributed by atoms with Crippen molar-refractivity contribution < 1.29 is 9.59 Å². The van der Waals surface area contributed by atoms with Gasteiger partial charge in [0.05, 0.1) is 6.04 Å². The summed E-state index contributed by atoms with van der Waals surface area (Å²) in [4.78, 5) is 40.6. The lowest BCUT2D eigenvalue weighted by atomic mass is 10.1. The van der Waals surface area contributed by atoms with Gasteiger partial charge in [-0.25, -0.2) is 0 Å². The lowest BCUT2D eigenvalue weighted by molar-refractivity contribution is 0.0641. The molecule has 0 spiro atoms. The first-order valence-corrected chi connectivity index (χ1v) is 11.0. The van der Waals surface area contributed by atoms with E-state index < -0.39 is 11.3 Å². The molecule has 7 nitrogen and oxygen atoms in total. The lowest BCUT2D eigenvalue weighted by Gasteiger charge is -2.35. The zero-order valence-electron chi connectivity index (χ0n) is 18.5. The number of pyridine rings is 1. The Morgan fingerprint density at radius 1 is 1.03 bits per heavy atom. The molecule has 1 aliphatic rings. The largest absolute Gasteiger partial charge is 0.355 e. The van der Waals surface area contributed by atoms with Crippen molar-refractivity contribution in [3.8, 4) is 0 Å². The van der Waals surface area contributed by atoms with E-state index in [0.717, 1.165) is 18.5 Å². The van der Waals surface area contributed by atoms with Crippen molar-refractivity contribution in [3.63, 3.8) is 0 Å². The minimum atomic E-state index is -0.526. The predicted octanol–water partition coefficient (Wildman–Crippen LogP) is 2.86. The summed E-state index contributed by atoms with van der Waals surface area (Å²) < 4.78 is 3.91. The van der Waals surface area contributed by atoms with Crippen molar-refractivity contribution in [1.82, 2.24) is 19.4 Å². The Kier molecular flexibility index (Phi) is 6.25. The number of fused-ring (bicyclic) bond motifs is 1. The van der Waals surface area contributed by atoms with Crippen LogP contribution in [-0.4, -0.2) is 39.4 Å². The first kappa shape index (κ1) is 21.6. The van der Waals surface area contributed by atoms with Crippen molar-refractivity contribution in [2.24, 2.45) is 0 Å². The van der Waals surface area contributed by atoms with Crippen molar-refractivity contribution in [2.75, 3.05) is 13.6 Å². The van der Waals surface area contributed by atoms with Gasteiger partial charge in [-0.1, -0.05) is 30.3 Å². The van der Waals surface area contributed by atoms with Crippen LogP contribution in [-0.2, 0) is 19.5 Å². The van der Waals surface area contributed by atoms with Gasteiger partial charge in [0.25, 0.3) is 11.8 Å². The average molecular weight is 433 g/mol. The number of nitrogens with zero attached hydrogens (tertiary/aromatic N) is 3. The molecule has 4 rings (SSSR count). The number of carbonyl (C=O) groups excluding carboxylic acids is 2. The number of rotatable bonds is 6. The Morgan fingerprint density at radius 3 is 2.53 bits per heavy atom. The van der Waals surface area contributed by atoms with Crippen LogP contribution in [0.2, 0.25) is 0 Å². The van der Waals surface area contributed by atoms with Crippen LogP contribution in [0.1, 0.15) is 51.4 Å². The van der Waals surface area contributed by atoms with E-state index in [4.69, 9.17) is 0 Å². The van der Waals surface area contributed by atoms with E-state index in [0.29, 0.717) is 19.6 Å². The molecule has 1 atom stereocenters. The second kappa shape index (κ2) is 9.26. The quantitative estimate of drug-likeness (QED) is 0.651. The van der Waals surface area contributed by atoms with E-state index in [9.17, 15) is 14.4 Å². The SMILES string of the molecule is CNC(=O)c1cn(CCCc2ccccc2)cc(C(=O)N2CCn3cccc3C2C)c1=O. The van der Waals surface area contributed by atoms with Gasteiger partial charge in [0, 0.05) is 51.0 Å². The molecule has 3 aromatic rings. The Bertz CT molecular complexity index is 1180. The number of amides is 2. The number of nitrogens with one attached hydrogen (secondary N) is 1. The van der Waals surface area contributed by atoms with Gasteiger partial charge in [0.1, 0.15) is 11.1 Å². The standard InChI is InChI=1S/C25H28N4O3/c1-18-22-11-7-13-28(22)14-15-29(18)25(32)21-17-27(16-20(23(21)30)24(31)26-2)12-6-10-19-8-4-3-5-9-19/h3-5,7-9,11,13,16-18H,6,10,12,14-15H2,1-2H3,(H,26,31). The molecule has 32 heavy (non-hydrogen) atoms. The van der Waals surface area contributed by atoms with E-state index in [1.807, 2.05) is 43.5 Å². The molecule has 0 saturated carbocycles. The molecule has 0 radical (unpaired) electrons. The number of aromatic nitrogens is 2. The third-order valence-corrected chi connectivity index (χ3v) is 6.11. The van der Waals surface area contributed by atoms with Crippen molar-refractivity contribution in [2.45, 2.75) is 38.9 Å². The smallest absolute Gasteiger partial charge is 0.259 e. The molecule has 0 aliphatic carbocycles. The topological polar surface area (TPSA) is 76.3 Å². The van der Waals surface area contributed by atoms with Crippen LogP contribution >= 0.6 is 0 Å². The summed E-state index contributed by atoms with van der Waals surface area (Å²) >= 11 is 0. The van der Waals surface area contributed by atoms with Crippen molar-refractivity contribution in [1.29, 1.82) is 0 Å². The van der Waals surface area contributed by atoms with Crippen LogP contribution in [0.15, 0.2) is 65.8 Å². The fraction of sp³-hybridized carbons (Fsp3) is 0.320. The molecule has 1 aliphatic heterocycles. The number of hydrogen-bond donors (Lipinski definition) is 1. The normalized spacial score (nSPS) is 15.3. The highest BCUT2D eigenvalue weighted by Crippen LogP contribution is 2.26. The van der Waals surface area contributed by atoms with Gasteiger partial charge in [0.2, 0.25) is 5.43 Å². The molecule has 1 unspecified atom stereocenters. The van der Waals surface area contributed by atoms with E-state index in [1.54, 1.807) is 21.9 Å². The van der Waals surface area contributed by atoms with E-state index >= 15 is 0 Å². The Morgan fingerprint density at radius 2 is 1.78 bits per heavy atom. The monoisotopic (exact) mass is 432 g/mol. The van der Waals surface area contributed by atoms with Gasteiger partial charge >= 0.3 is 0 Å². The van der Waals surface area contributed by atoms with Crippen molar-refractivity contribution in [3.05, 3.63) is 93.7 Å². The molecule has 0 fully saturated rings. The summed E-state index contributed by atoms with van der Waals surface area (Å²) in [6, 6.07) is 13.9. The summed E-state index contributed by atoms with van der Waals surface area (Å²) in [6.07, 6.45) is 6.84. The van der Waals surface area contributed by atoms with Crippen LogP contribution < -0.4 is 10.7 Å². The Balaban J connectivity index is 1.61. The maximum atomic E-state index is 13.4. The van der Waals surface area contributed by atoms with E-state index in [1.165, 1.54) is 12.6 Å². The molecule has 2 amide bonds. The van der Waals surface area contributed by atoms with Crippen LogP contribution in [0.3, 0.4) is 0 Å². The van der Waals surface area contributed by atoms with Gasteiger partial charge in [-0.3, -0.25) is 14.4 Å². The van der Waals surface area contributed by atoms with Crippen LogP contribution in [0.4, 0.5) is 0 Å². The number of carbonyl (C=O) groups is 2. The third kappa shape index (κ3) is 4.23. The van der Waals surface area contributed by atoms with Crippen LogP contribution in [0.25, 0.3) is 0 Å². The van der Waals surface area contributed by atoms with Crippen LogP contribution in [0, 0.1) is 0 Å². The maximum Gasteiger partial charge on any atom is 0.259 e. The number of hydrogen-bond acceptors (Lipinski definition) is 3. The van der Waals surface area contributed by atoms with E-state index in [2.05, 4.69) is 22.0 Å². The molecular weight excluding hydrogens is 404 g/mol. The fourth-order valence-electron chi connectivity index (χ4n) is 4.33. The number of benzene rings is 1. The molecule has 1 aromatic carbocycles. The summed E-state index contributed by atoms with van der Waals surface area (Å²) in [5.74, 6) is -0.820. The first-order valence-electron chi connectivity index (χ1n) is 11.0. The Hall–Kier alpha value is -3.61. The molecule has 3 heterocycles. The molecular formula is C25H28N4O3. The van der Waals surface area contributed by atoms with E-state index in [-0.39, 0.29) is 23.1 Å². The highest BCUT2D eigenvalue weighted by atomic mass is 16.2. The van der Waals surface area contributed by atoms with Gasteiger partial charge in [-0.15, -0.1) is 0 Å². The molecule has 166 valence electrons. The second-order valence-electron chi connectivity index (χ2n) is 8.12. The molecule has 2 aromatic heterocycles. The third-order valence-electron chi connectivity index (χ3n) is 6.11. The average Bonchev–Trinajstić information content (AvgIpc) is 3.30. The highest BCUT2D eigenvalue weighted by Gasteiger charge is 2.30. The van der Waals surface area contributed by atoms with Gasteiger partial charge in [-0.2, -0.15) is 0 Å². The second-order valence-corrected chi connectivity index (χ2v) is 8.12. The zero-order chi connectivity index (χ0) is 22.7. The molecule has 0 saturated heterocycles. The fourth-order valence-corrected chi connectivity index (χ4v) is 4.33. The van der Waals surface area contributed by atoms with Gasteiger partial charge in [-0.05, 0) is 37.5 Å². The molecule has 1 N–H and O–H groups in total. The van der Waals surface area contributed by atoms with Gasteiger partial charge < -0.3 is 19.4 Å². The van der Waals surface area contributed by atoms with Crippen LogP contribution in [0.5, 0.6) is 0 Å². The maximum absolute atomic E-state index is 13.4. The summed E-state index contributed by atoms with van der Waals surface area (Å²) in [5, 5.41) is 2.51.